The van der Waals surface area contributed by atoms with Crippen molar-refractivity contribution in [1.29, 1.82) is 5.26 Å². The van der Waals surface area contributed by atoms with Crippen LogP contribution in [0.2, 0.25) is 0 Å². The third-order valence-electron chi connectivity index (χ3n) is 5.12. The molecule has 2 aromatic heterocycles. The first kappa shape index (κ1) is 20.6. The van der Waals surface area contributed by atoms with Crippen molar-refractivity contribution in [1.82, 2.24) is 9.55 Å². The Balaban J connectivity index is 1.82. The molecule has 0 aromatic carbocycles. The predicted octanol–water partition coefficient (Wildman–Crippen LogP) is 3.32. The van der Waals surface area contributed by atoms with Crippen molar-refractivity contribution in [3.63, 3.8) is 0 Å². The molecule has 0 amide bonds. The lowest BCUT2D eigenvalue weighted by Crippen LogP contribution is -2.14. The Morgan fingerprint density at radius 3 is 2.64 bits per heavy atom. The highest BCUT2D eigenvalue weighted by Gasteiger charge is 2.31. The first-order valence-corrected chi connectivity index (χ1v) is 11.9. The zero-order valence-electron chi connectivity index (χ0n) is 16.4. The smallest absolute Gasteiger partial charge is 0.174 e. The number of rotatable bonds is 5. The molecule has 0 N–H and O–H groups in total. The first-order chi connectivity index (χ1) is 13.1. The number of ketones is 1. The lowest BCUT2D eigenvalue weighted by atomic mass is 10.1. The number of nitriles is 1. The van der Waals surface area contributed by atoms with Gasteiger partial charge in [-0.15, -0.1) is 0 Å². The standard InChI is InChI=1S/C20H23N3O3S2/c1-12-7-13(2)22-20(18(12)9-21)27-10-19(24)17-8-14(3)23(15(17)4)16-5-6-28(25,26)11-16/h7-8,16H,5-6,10-11H2,1-4H3/t16-/m1/s1. The molecular formula is C20H23N3O3S2. The molecule has 0 aliphatic carbocycles. The Kier molecular flexibility index (Phi) is 5.69. The van der Waals surface area contributed by atoms with Gasteiger partial charge in [-0.05, 0) is 51.8 Å². The van der Waals surface area contributed by atoms with Crippen LogP contribution in [0.25, 0.3) is 0 Å². The van der Waals surface area contributed by atoms with Crippen LogP contribution in [0, 0.1) is 39.0 Å². The van der Waals surface area contributed by atoms with Gasteiger partial charge in [-0.3, -0.25) is 4.79 Å². The number of aromatic nitrogens is 2. The van der Waals surface area contributed by atoms with Gasteiger partial charge < -0.3 is 4.57 Å². The summed E-state index contributed by atoms with van der Waals surface area (Å²) in [5, 5.41) is 9.95. The molecule has 6 nitrogen and oxygen atoms in total. The van der Waals surface area contributed by atoms with Crippen LogP contribution in [0.3, 0.4) is 0 Å². The van der Waals surface area contributed by atoms with E-state index in [-0.39, 0.29) is 29.1 Å². The summed E-state index contributed by atoms with van der Waals surface area (Å²) >= 11 is 1.27. The van der Waals surface area contributed by atoms with Crippen molar-refractivity contribution < 1.29 is 13.2 Å². The van der Waals surface area contributed by atoms with E-state index in [4.69, 9.17) is 0 Å². The zero-order valence-corrected chi connectivity index (χ0v) is 18.1. The first-order valence-electron chi connectivity index (χ1n) is 9.06. The molecule has 0 unspecified atom stereocenters. The van der Waals surface area contributed by atoms with Gasteiger partial charge in [0.2, 0.25) is 0 Å². The van der Waals surface area contributed by atoms with E-state index in [0.717, 1.165) is 22.6 Å². The van der Waals surface area contributed by atoms with E-state index in [0.29, 0.717) is 22.6 Å². The molecule has 1 fully saturated rings. The van der Waals surface area contributed by atoms with E-state index in [1.54, 1.807) is 0 Å². The summed E-state index contributed by atoms with van der Waals surface area (Å²) in [6.45, 7) is 7.50. The largest absolute Gasteiger partial charge is 0.344 e. The molecule has 28 heavy (non-hydrogen) atoms. The Labute approximate surface area is 169 Å². The van der Waals surface area contributed by atoms with Gasteiger partial charge in [0.05, 0.1) is 22.8 Å². The highest BCUT2D eigenvalue weighted by molar-refractivity contribution is 8.00. The topological polar surface area (TPSA) is 92.8 Å². The lowest BCUT2D eigenvalue weighted by molar-refractivity contribution is 0.102. The zero-order chi connectivity index (χ0) is 20.6. The molecule has 0 spiro atoms. The Morgan fingerprint density at radius 2 is 2.04 bits per heavy atom. The average molecular weight is 418 g/mol. The number of carbonyl (C=O) groups is 1. The average Bonchev–Trinajstić information content (AvgIpc) is 3.10. The number of hydrogen-bond donors (Lipinski definition) is 0. The summed E-state index contributed by atoms with van der Waals surface area (Å²) in [4.78, 5) is 17.3. The second-order valence-electron chi connectivity index (χ2n) is 7.30. The number of pyridine rings is 1. The number of Topliss-reactive ketones (excluding diaryl/α,β-unsaturated/α-hetero) is 1. The van der Waals surface area contributed by atoms with Crippen LogP contribution in [-0.2, 0) is 9.84 Å². The fraction of sp³-hybridized carbons (Fsp3) is 0.450. The van der Waals surface area contributed by atoms with Gasteiger partial charge in [0.1, 0.15) is 11.1 Å². The quantitative estimate of drug-likeness (QED) is 0.547. The number of thioether (sulfide) groups is 1. The monoisotopic (exact) mass is 417 g/mol. The minimum atomic E-state index is -3.00. The third-order valence-corrected chi connectivity index (χ3v) is 7.85. The molecule has 0 saturated carbocycles. The van der Waals surface area contributed by atoms with Crippen molar-refractivity contribution in [3.8, 4) is 6.07 Å². The molecule has 1 saturated heterocycles. The van der Waals surface area contributed by atoms with E-state index < -0.39 is 9.84 Å². The van der Waals surface area contributed by atoms with Gasteiger partial charge in [-0.1, -0.05) is 11.8 Å². The van der Waals surface area contributed by atoms with Gasteiger partial charge in [0.25, 0.3) is 0 Å². The van der Waals surface area contributed by atoms with Crippen LogP contribution in [0.15, 0.2) is 17.2 Å². The molecule has 148 valence electrons. The molecular weight excluding hydrogens is 394 g/mol. The van der Waals surface area contributed by atoms with Crippen LogP contribution in [0.1, 0.15) is 51.0 Å². The van der Waals surface area contributed by atoms with Crippen molar-refractivity contribution in [2.24, 2.45) is 0 Å². The molecule has 0 radical (unpaired) electrons. The Bertz CT molecular complexity index is 1090. The van der Waals surface area contributed by atoms with Crippen LogP contribution in [0.5, 0.6) is 0 Å². The molecule has 0 bridgehead atoms. The number of nitrogens with zero attached hydrogens (tertiary/aromatic N) is 3. The number of aryl methyl sites for hydroxylation is 3. The van der Waals surface area contributed by atoms with Gasteiger partial charge in [-0.2, -0.15) is 5.26 Å². The van der Waals surface area contributed by atoms with Crippen molar-refractivity contribution in [3.05, 3.63) is 45.9 Å². The minimum Gasteiger partial charge on any atom is -0.344 e. The maximum Gasteiger partial charge on any atom is 0.174 e. The summed E-state index contributed by atoms with van der Waals surface area (Å²) in [5.41, 5.74) is 4.48. The van der Waals surface area contributed by atoms with Crippen LogP contribution in [0.4, 0.5) is 0 Å². The van der Waals surface area contributed by atoms with Crippen LogP contribution >= 0.6 is 11.8 Å². The fourth-order valence-electron chi connectivity index (χ4n) is 3.85. The van der Waals surface area contributed by atoms with Crippen molar-refractivity contribution >= 4 is 27.4 Å². The normalized spacial score (nSPS) is 18.2. The molecule has 2 aromatic rings. The number of sulfone groups is 1. The van der Waals surface area contributed by atoms with E-state index >= 15 is 0 Å². The highest BCUT2D eigenvalue weighted by atomic mass is 32.2. The molecule has 1 aliphatic heterocycles. The number of hydrogen-bond acceptors (Lipinski definition) is 6. The van der Waals surface area contributed by atoms with Gasteiger partial charge >= 0.3 is 0 Å². The molecule has 8 heteroatoms. The van der Waals surface area contributed by atoms with E-state index in [9.17, 15) is 18.5 Å². The highest BCUT2D eigenvalue weighted by Crippen LogP contribution is 2.30. The Hall–Kier alpha value is -2.11. The molecule has 1 atom stereocenters. The third kappa shape index (κ3) is 4.01. The maximum atomic E-state index is 12.9. The van der Waals surface area contributed by atoms with Crippen LogP contribution in [-0.4, -0.2) is 41.0 Å². The van der Waals surface area contributed by atoms with Crippen molar-refractivity contribution in [2.45, 2.75) is 45.2 Å². The van der Waals surface area contributed by atoms with Crippen molar-refractivity contribution in [2.75, 3.05) is 17.3 Å². The second kappa shape index (κ2) is 7.72. The summed E-state index contributed by atoms with van der Waals surface area (Å²) in [5.74, 6) is 0.458. The van der Waals surface area contributed by atoms with Gasteiger partial charge in [0, 0.05) is 28.7 Å². The Morgan fingerprint density at radius 1 is 1.32 bits per heavy atom. The summed E-state index contributed by atoms with van der Waals surface area (Å²) in [6.07, 6.45) is 0.582. The lowest BCUT2D eigenvalue weighted by Gasteiger charge is -2.16. The maximum absolute atomic E-state index is 12.9. The van der Waals surface area contributed by atoms with E-state index in [1.807, 2.05) is 44.4 Å². The summed E-state index contributed by atoms with van der Waals surface area (Å²) in [6, 6.07) is 5.75. The summed E-state index contributed by atoms with van der Waals surface area (Å²) < 4.78 is 25.7. The van der Waals surface area contributed by atoms with E-state index in [1.165, 1.54) is 11.8 Å². The molecule has 3 rings (SSSR count). The van der Waals surface area contributed by atoms with Gasteiger partial charge in [-0.25, -0.2) is 13.4 Å². The second-order valence-corrected chi connectivity index (χ2v) is 10.5. The summed E-state index contributed by atoms with van der Waals surface area (Å²) in [7, 11) is -3.00. The SMILES string of the molecule is Cc1cc(C)c(C#N)c(SCC(=O)c2cc(C)n([C@@H]3CCS(=O)(=O)C3)c2C)n1. The van der Waals surface area contributed by atoms with E-state index in [2.05, 4.69) is 11.1 Å². The number of carbonyl (C=O) groups excluding carboxylic acids is 1. The van der Waals surface area contributed by atoms with Crippen LogP contribution < -0.4 is 0 Å². The molecule has 3 heterocycles. The van der Waals surface area contributed by atoms with Gasteiger partial charge in [0.15, 0.2) is 15.6 Å². The predicted molar refractivity (Wildman–Crippen MR) is 110 cm³/mol. The molecule has 1 aliphatic rings. The fourth-order valence-corrected chi connectivity index (χ4v) is 6.54. The minimum absolute atomic E-state index is 0.0462.